The Kier molecular flexibility index (Phi) is 5.95. The van der Waals surface area contributed by atoms with E-state index in [-0.39, 0.29) is 6.42 Å². The Morgan fingerprint density at radius 1 is 1.00 bits per heavy atom. The third-order valence-corrected chi connectivity index (χ3v) is 5.84. The largest absolute Gasteiger partial charge is 0.336 e. The molecule has 0 bridgehead atoms. The Hall–Kier alpha value is -3.29. The second-order valence-corrected chi connectivity index (χ2v) is 9.47. The number of sulfonamides is 1. The van der Waals surface area contributed by atoms with E-state index in [1.807, 2.05) is 48.5 Å². The smallest absolute Gasteiger partial charge is 0.332 e. The van der Waals surface area contributed by atoms with Crippen LogP contribution in [0.1, 0.15) is 13.3 Å². The summed E-state index contributed by atoms with van der Waals surface area (Å²) < 4.78 is 27.7. The molecule has 8 heteroatoms. The molecule has 0 aliphatic heterocycles. The van der Waals surface area contributed by atoms with Crippen LogP contribution < -0.4 is 9.56 Å². The van der Waals surface area contributed by atoms with Gasteiger partial charge < -0.3 is 4.84 Å². The standard InChI is InChI=1S/C24H21ClN2O4S/c1-3-24(28)31-27-22-13-7-12-21(26-32(2,29)30)19(22)15-23(27)17-9-6-8-16(14-17)18-10-4-5-11-20(18)25/h4-15,26H,3H2,1-2H3. The van der Waals surface area contributed by atoms with E-state index in [2.05, 4.69) is 4.72 Å². The van der Waals surface area contributed by atoms with Crippen molar-refractivity contribution in [3.05, 3.63) is 77.8 Å². The maximum absolute atomic E-state index is 12.2. The molecule has 0 unspecified atom stereocenters. The number of nitrogens with zero attached hydrogens (tertiary/aromatic N) is 1. The van der Waals surface area contributed by atoms with Gasteiger partial charge >= 0.3 is 5.97 Å². The van der Waals surface area contributed by atoms with Crippen molar-refractivity contribution in [1.29, 1.82) is 0 Å². The first-order chi connectivity index (χ1) is 15.3. The van der Waals surface area contributed by atoms with Crippen LogP contribution in [0.15, 0.2) is 72.8 Å². The summed E-state index contributed by atoms with van der Waals surface area (Å²) in [4.78, 5) is 17.8. The van der Waals surface area contributed by atoms with E-state index >= 15 is 0 Å². The average molecular weight is 469 g/mol. The second-order valence-electron chi connectivity index (χ2n) is 7.31. The van der Waals surface area contributed by atoms with E-state index in [1.54, 1.807) is 31.2 Å². The first kappa shape index (κ1) is 21.9. The molecular weight excluding hydrogens is 448 g/mol. The fraction of sp³-hybridized carbons (Fsp3) is 0.125. The summed E-state index contributed by atoms with van der Waals surface area (Å²) in [5.41, 5.74) is 4.15. The molecule has 0 radical (unpaired) electrons. The Morgan fingerprint density at radius 3 is 2.44 bits per heavy atom. The molecule has 32 heavy (non-hydrogen) atoms. The summed E-state index contributed by atoms with van der Waals surface area (Å²) in [5, 5.41) is 1.24. The summed E-state index contributed by atoms with van der Waals surface area (Å²) >= 11 is 6.38. The average Bonchev–Trinajstić information content (AvgIpc) is 3.12. The van der Waals surface area contributed by atoms with Crippen LogP contribution >= 0.6 is 11.6 Å². The highest BCUT2D eigenvalue weighted by Crippen LogP contribution is 2.35. The molecule has 3 aromatic carbocycles. The number of hydrogen-bond donors (Lipinski definition) is 1. The zero-order valence-electron chi connectivity index (χ0n) is 17.5. The molecule has 0 saturated carbocycles. The molecule has 6 nitrogen and oxygen atoms in total. The topological polar surface area (TPSA) is 77.4 Å². The lowest BCUT2D eigenvalue weighted by Crippen LogP contribution is -2.19. The van der Waals surface area contributed by atoms with E-state index in [0.717, 1.165) is 22.9 Å². The predicted molar refractivity (Wildman–Crippen MR) is 128 cm³/mol. The van der Waals surface area contributed by atoms with Crippen molar-refractivity contribution in [2.75, 3.05) is 11.0 Å². The molecule has 0 fully saturated rings. The molecule has 0 atom stereocenters. The quantitative estimate of drug-likeness (QED) is 0.413. The predicted octanol–water partition coefficient (Wildman–Crippen LogP) is 5.37. The van der Waals surface area contributed by atoms with Gasteiger partial charge in [-0.15, -0.1) is 0 Å². The number of aromatic nitrogens is 1. The molecule has 4 aromatic rings. The maximum Gasteiger partial charge on any atom is 0.332 e. The molecule has 0 saturated heterocycles. The zero-order chi connectivity index (χ0) is 22.9. The van der Waals surface area contributed by atoms with E-state index in [1.165, 1.54) is 4.73 Å². The normalized spacial score (nSPS) is 11.5. The van der Waals surface area contributed by atoms with Crippen molar-refractivity contribution in [3.63, 3.8) is 0 Å². The Balaban J connectivity index is 1.93. The Labute approximate surface area is 191 Å². The Bertz CT molecular complexity index is 1430. The van der Waals surface area contributed by atoms with Crippen molar-refractivity contribution in [2.45, 2.75) is 13.3 Å². The highest BCUT2D eigenvalue weighted by atomic mass is 35.5. The van der Waals surface area contributed by atoms with Crippen LogP contribution in [0.5, 0.6) is 0 Å². The minimum absolute atomic E-state index is 0.195. The van der Waals surface area contributed by atoms with Gasteiger partial charge in [-0.2, -0.15) is 4.73 Å². The van der Waals surface area contributed by atoms with Crippen molar-refractivity contribution < 1.29 is 18.0 Å². The van der Waals surface area contributed by atoms with Gasteiger partial charge in [-0.1, -0.05) is 61.0 Å². The van der Waals surface area contributed by atoms with Gasteiger partial charge in [-0.3, -0.25) is 4.72 Å². The van der Waals surface area contributed by atoms with Gasteiger partial charge in [0.2, 0.25) is 10.0 Å². The van der Waals surface area contributed by atoms with Crippen LogP contribution in [0.25, 0.3) is 33.3 Å². The summed E-state index contributed by atoms with van der Waals surface area (Å²) in [6.45, 7) is 1.71. The lowest BCUT2D eigenvalue weighted by atomic mass is 10.0. The van der Waals surface area contributed by atoms with Gasteiger partial charge in [0, 0.05) is 28.0 Å². The number of hydrogen-bond acceptors (Lipinski definition) is 4. The molecule has 1 aromatic heterocycles. The maximum atomic E-state index is 12.2. The van der Waals surface area contributed by atoms with Gasteiger partial charge in [0.1, 0.15) is 0 Å². The Morgan fingerprint density at radius 2 is 1.72 bits per heavy atom. The number of rotatable bonds is 6. The van der Waals surface area contributed by atoms with Crippen molar-refractivity contribution in [3.8, 4) is 22.4 Å². The fourth-order valence-corrected chi connectivity index (χ4v) is 4.32. The lowest BCUT2D eigenvalue weighted by molar-refractivity contribution is -0.143. The molecular formula is C24H21ClN2O4S. The molecule has 1 heterocycles. The number of nitrogens with one attached hydrogen (secondary N) is 1. The van der Waals surface area contributed by atoms with Crippen LogP contribution in [0.4, 0.5) is 5.69 Å². The van der Waals surface area contributed by atoms with E-state index < -0.39 is 16.0 Å². The molecule has 0 aliphatic rings. The van der Waals surface area contributed by atoms with Crippen LogP contribution in [0.3, 0.4) is 0 Å². The minimum atomic E-state index is -3.49. The molecule has 164 valence electrons. The van der Waals surface area contributed by atoms with Crippen LogP contribution in [-0.4, -0.2) is 25.4 Å². The van der Waals surface area contributed by atoms with Crippen molar-refractivity contribution in [1.82, 2.24) is 4.73 Å². The summed E-state index contributed by atoms with van der Waals surface area (Å²) in [5.74, 6) is -0.410. The number of benzene rings is 3. The van der Waals surface area contributed by atoms with Crippen LogP contribution in [-0.2, 0) is 14.8 Å². The van der Waals surface area contributed by atoms with E-state index in [4.69, 9.17) is 16.4 Å². The molecule has 4 rings (SSSR count). The van der Waals surface area contributed by atoms with Gasteiger partial charge in [-0.25, -0.2) is 13.2 Å². The summed E-state index contributed by atoms with van der Waals surface area (Å²) in [6.07, 6.45) is 1.29. The van der Waals surface area contributed by atoms with Crippen LogP contribution in [0.2, 0.25) is 5.02 Å². The highest BCUT2D eigenvalue weighted by molar-refractivity contribution is 7.92. The summed E-state index contributed by atoms with van der Waals surface area (Å²) in [6, 6.07) is 22.2. The minimum Gasteiger partial charge on any atom is -0.336 e. The van der Waals surface area contributed by atoms with E-state index in [0.29, 0.717) is 27.3 Å². The molecule has 1 N–H and O–H groups in total. The number of carbonyl (C=O) groups excluding carboxylic acids is 1. The first-order valence-electron chi connectivity index (χ1n) is 9.95. The number of anilines is 1. The molecule has 0 spiro atoms. The van der Waals surface area contributed by atoms with Gasteiger partial charge in [-0.05, 0) is 35.9 Å². The van der Waals surface area contributed by atoms with Crippen molar-refractivity contribution >= 4 is 44.2 Å². The van der Waals surface area contributed by atoms with Gasteiger partial charge in [0.05, 0.1) is 23.2 Å². The lowest BCUT2D eigenvalue weighted by Gasteiger charge is -2.12. The van der Waals surface area contributed by atoms with Gasteiger partial charge in [0.15, 0.2) is 0 Å². The number of carbonyl (C=O) groups is 1. The highest BCUT2D eigenvalue weighted by Gasteiger charge is 2.18. The van der Waals surface area contributed by atoms with Crippen molar-refractivity contribution in [2.24, 2.45) is 0 Å². The SMILES string of the molecule is CCC(=O)On1c(-c2cccc(-c3ccccc3Cl)c2)cc2c(NS(C)(=O)=O)cccc21. The number of fused-ring (bicyclic) bond motifs is 1. The van der Waals surface area contributed by atoms with E-state index in [9.17, 15) is 13.2 Å². The third kappa shape index (κ3) is 4.49. The fourth-order valence-electron chi connectivity index (χ4n) is 3.50. The monoisotopic (exact) mass is 468 g/mol. The third-order valence-electron chi connectivity index (χ3n) is 4.92. The molecule has 0 aliphatic carbocycles. The number of halogens is 1. The van der Waals surface area contributed by atoms with Gasteiger partial charge in [0.25, 0.3) is 0 Å². The second kappa shape index (κ2) is 8.68. The zero-order valence-corrected chi connectivity index (χ0v) is 19.1. The van der Waals surface area contributed by atoms with Crippen LogP contribution in [0, 0.1) is 0 Å². The first-order valence-corrected chi connectivity index (χ1v) is 12.2. The summed E-state index contributed by atoms with van der Waals surface area (Å²) in [7, 11) is -3.49. The molecule has 0 amide bonds.